The number of aryl methyl sites for hydroxylation is 1. The van der Waals surface area contributed by atoms with Gasteiger partial charge in [0, 0.05) is 18.9 Å². The van der Waals surface area contributed by atoms with Crippen LogP contribution >= 0.6 is 15.9 Å². The molecule has 0 aliphatic rings. The predicted octanol–water partition coefficient (Wildman–Crippen LogP) is 2.44. The van der Waals surface area contributed by atoms with Crippen molar-refractivity contribution in [2.45, 2.75) is 0 Å². The summed E-state index contributed by atoms with van der Waals surface area (Å²) in [5.74, 6) is 0.538. The lowest BCUT2D eigenvalue weighted by Gasteiger charge is -2.05. The molecule has 0 radical (unpaired) electrons. The highest BCUT2D eigenvalue weighted by Gasteiger charge is 2.13. The molecule has 2 aromatic rings. The van der Waals surface area contributed by atoms with Crippen LogP contribution in [0.5, 0.6) is 5.75 Å². The number of anilines is 1. The number of nitrogens with one attached hydrogen (secondary N) is 1. The van der Waals surface area contributed by atoms with Crippen molar-refractivity contribution >= 4 is 27.5 Å². The van der Waals surface area contributed by atoms with Gasteiger partial charge in [0.1, 0.15) is 10.4 Å². The summed E-state index contributed by atoms with van der Waals surface area (Å²) < 4.78 is 7.15. The molecule has 6 heteroatoms. The Morgan fingerprint density at radius 2 is 2.06 bits per heavy atom. The van der Waals surface area contributed by atoms with E-state index in [1.54, 1.807) is 49.3 Å². The average Bonchev–Trinajstić information content (AvgIpc) is 2.69. The van der Waals surface area contributed by atoms with Gasteiger partial charge in [-0.3, -0.25) is 9.48 Å². The molecule has 1 heterocycles. The highest BCUT2D eigenvalue weighted by Crippen LogP contribution is 2.18. The van der Waals surface area contributed by atoms with Crippen molar-refractivity contribution in [3.8, 4) is 5.75 Å². The van der Waals surface area contributed by atoms with Crippen LogP contribution in [0.4, 0.5) is 5.69 Å². The Labute approximate surface area is 113 Å². The second-order valence-electron chi connectivity index (χ2n) is 3.69. The first-order chi connectivity index (χ1) is 8.60. The molecule has 1 amide bonds. The highest BCUT2D eigenvalue weighted by molar-refractivity contribution is 9.10. The Morgan fingerprint density at radius 1 is 1.39 bits per heavy atom. The van der Waals surface area contributed by atoms with Gasteiger partial charge in [-0.05, 0) is 40.2 Å². The number of ether oxygens (including phenoxy) is 1. The normalized spacial score (nSPS) is 10.2. The molecule has 0 unspecified atom stereocenters. The number of halogens is 1. The maximum atomic E-state index is 12.0. The zero-order chi connectivity index (χ0) is 13.1. The third-order valence-corrected chi connectivity index (χ3v) is 2.96. The van der Waals surface area contributed by atoms with Crippen molar-refractivity contribution < 1.29 is 9.53 Å². The van der Waals surface area contributed by atoms with Crippen molar-refractivity contribution in [2.75, 3.05) is 12.4 Å². The topological polar surface area (TPSA) is 56.1 Å². The Hall–Kier alpha value is -1.82. The van der Waals surface area contributed by atoms with Gasteiger partial charge in [0.25, 0.3) is 5.91 Å². The molecular weight excluding hydrogens is 298 g/mol. The average molecular weight is 310 g/mol. The van der Waals surface area contributed by atoms with Crippen LogP contribution in [0.25, 0.3) is 0 Å². The van der Waals surface area contributed by atoms with Gasteiger partial charge in [-0.25, -0.2) is 0 Å². The fourth-order valence-electron chi connectivity index (χ4n) is 1.49. The molecule has 18 heavy (non-hydrogen) atoms. The van der Waals surface area contributed by atoms with Crippen LogP contribution in [0.15, 0.2) is 35.1 Å². The van der Waals surface area contributed by atoms with E-state index in [1.165, 1.54) is 0 Å². The van der Waals surface area contributed by atoms with E-state index in [0.29, 0.717) is 15.9 Å². The van der Waals surface area contributed by atoms with E-state index in [4.69, 9.17) is 4.74 Å². The van der Waals surface area contributed by atoms with Gasteiger partial charge in [0.05, 0.1) is 12.7 Å². The molecule has 94 valence electrons. The molecule has 0 saturated carbocycles. The molecule has 0 atom stereocenters. The Balaban J connectivity index is 2.13. The van der Waals surface area contributed by atoms with Crippen LogP contribution in [0, 0.1) is 0 Å². The number of amides is 1. The molecule has 0 spiro atoms. The van der Waals surface area contributed by atoms with E-state index in [-0.39, 0.29) is 5.91 Å². The smallest absolute Gasteiger partial charge is 0.260 e. The molecule has 0 aliphatic heterocycles. The number of hydrogen-bond acceptors (Lipinski definition) is 3. The van der Waals surface area contributed by atoms with E-state index in [9.17, 15) is 4.79 Å². The second-order valence-corrected chi connectivity index (χ2v) is 4.44. The summed E-state index contributed by atoms with van der Waals surface area (Å²) in [5.41, 5.74) is 1.20. The number of methoxy groups -OCH3 is 1. The fraction of sp³-hybridized carbons (Fsp3) is 0.167. The number of carbonyl (C=O) groups excluding carboxylic acids is 1. The molecule has 1 N–H and O–H groups in total. The largest absolute Gasteiger partial charge is 0.497 e. The van der Waals surface area contributed by atoms with E-state index in [0.717, 1.165) is 5.75 Å². The lowest BCUT2D eigenvalue weighted by Crippen LogP contribution is -2.11. The van der Waals surface area contributed by atoms with Gasteiger partial charge in [0.15, 0.2) is 0 Å². The van der Waals surface area contributed by atoms with Gasteiger partial charge in [-0.1, -0.05) is 0 Å². The van der Waals surface area contributed by atoms with Crippen LogP contribution in [0.1, 0.15) is 10.4 Å². The first-order valence-electron chi connectivity index (χ1n) is 5.24. The summed E-state index contributed by atoms with van der Waals surface area (Å²) in [5, 5.41) is 6.84. The number of aromatic nitrogens is 2. The standard InChI is InChI=1S/C12H12BrN3O2/c1-16-7-10(11(13)15-16)12(17)14-8-3-5-9(18-2)6-4-8/h3-7H,1-2H3,(H,14,17). The fourth-order valence-corrected chi connectivity index (χ4v) is 2.02. The molecule has 5 nitrogen and oxygen atoms in total. The Morgan fingerprint density at radius 3 is 2.56 bits per heavy atom. The third-order valence-electron chi connectivity index (χ3n) is 2.38. The number of benzene rings is 1. The van der Waals surface area contributed by atoms with E-state index in [1.807, 2.05) is 0 Å². The van der Waals surface area contributed by atoms with Crippen LogP contribution in [-0.2, 0) is 7.05 Å². The minimum absolute atomic E-state index is 0.208. The molecule has 0 saturated heterocycles. The summed E-state index contributed by atoms with van der Waals surface area (Å²) in [7, 11) is 3.36. The summed E-state index contributed by atoms with van der Waals surface area (Å²) in [6.07, 6.45) is 1.66. The lowest BCUT2D eigenvalue weighted by atomic mass is 10.2. The SMILES string of the molecule is COc1ccc(NC(=O)c2cn(C)nc2Br)cc1. The number of rotatable bonds is 3. The Kier molecular flexibility index (Phi) is 3.66. The predicted molar refractivity (Wildman–Crippen MR) is 71.9 cm³/mol. The van der Waals surface area contributed by atoms with Crippen molar-refractivity contribution in [1.82, 2.24) is 9.78 Å². The van der Waals surface area contributed by atoms with Crippen molar-refractivity contribution in [2.24, 2.45) is 7.05 Å². The summed E-state index contributed by atoms with van der Waals surface area (Å²) in [6.45, 7) is 0. The van der Waals surface area contributed by atoms with Crippen molar-refractivity contribution in [3.05, 3.63) is 40.6 Å². The van der Waals surface area contributed by atoms with Gasteiger partial charge in [-0.2, -0.15) is 5.10 Å². The van der Waals surface area contributed by atoms with Gasteiger partial charge in [-0.15, -0.1) is 0 Å². The summed E-state index contributed by atoms with van der Waals surface area (Å²) >= 11 is 3.24. The van der Waals surface area contributed by atoms with E-state index >= 15 is 0 Å². The van der Waals surface area contributed by atoms with Crippen LogP contribution in [-0.4, -0.2) is 22.8 Å². The Bertz CT molecular complexity index is 563. The molecule has 0 aliphatic carbocycles. The number of hydrogen-bond donors (Lipinski definition) is 1. The molecule has 1 aromatic heterocycles. The molecule has 0 bridgehead atoms. The number of carbonyl (C=O) groups is 1. The molecule has 1 aromatic carbocycles. The molecular formula is C12H12BrN3O2. The first-order valence-corrected chi connectivity index (χ1v) is 6.04. The third kappa shape index (κ3) is 2.70. The van der Waals surface area contributed by atoms with E-state index in [2.05, 4.69) is 26.3 Å². The van der Waals surface area contributed by atoms with Crippen LogP contribution in [0.2, 0.25) is 0 Å². The summed E-state index contributed by atoms with van der Waals surface area (Å²) in [6, 6.07) is 7.13. The molecule has 2 rings (SSSR count). The first kappa shape index (κ1) is 12.6. The van der Waals surface area contributed by atoms with Crippen LogP contribution in [0.3, 0.4) is 0 Å². The van der Waals surface area contributed by atoms with E-state index < -0.39 is 0 Å². The zero-order valence-electron chi connectivity index (χ0n) is 9.98. The van der Waals surface area contributed by atoms with Crippen LogP contribution < -0.4 is 10.1 Å². The van der Waals surface area contributed by atoms with Gasteiger partial charge < -0.3 is 10.1 Å². The van der Waals surface area contributed by atoms with Crippen molar-refractivity contribution in [1.29, 1.82) is 0 Å². The quantitative estimate of drug-likeness (QED) is 0.947. The maximum absolute atomic E-state index is 12.0. The minimum atomic E-state index is -0.208. The molecule has 0 fully saturated rings. The maximum Gasteiger partial charge on any atom is 0.260 e. The number of nitrogens with zero attached hydrogens (tertiary/aromatic N) is 2. The summed E-state index contributed by atoms with van der Waals surface area (Å²) in [4.78, 5) is 12.0. The van der Waals surface area contributed by atoms with Gasteiger partial charge >= 0.3 is 0 Å². The highest BCUT2D eigenvalue weighted by atomic mass is 79.9. The lowest BCUT2D eigenvalue weighted by molar-refractivity contribution is 0.102. The van der Waals surface area contributed by atoms with Crippen molar-refractivity contribution in [3.63, 3.8) is 0 Å². The second kappa shape index (κ2) is 5.22. The minimum Gasteiger partial charge on any atom is -0.497 e. The van der Waals surface area contributed by atoms with Gasteiger partial charge in [0.2, 0.25) is 0 Å². The monoisotopic (exact) mass is 309 g/mol. The zero-order valence-corrected chi connectivity index (χ0v) is 11.6.